The maximum Gasteiger partial charge on any atom is 0.0643 e. The highest BCUT2D eigenvalue weighted by Crippen LogP contribution is 2.31. The summed E-state index contributed by atoms with van der Waals surface area (Å²) >= 11 is 0. The third-order valence-corrected chi connectivity index (χ3v) is 4.36. The van der Waals surface area contributed by atoms with Gasteiger partial charge < -0.3 is 10.7 Å². The molecule has 0 saturated heterocycles. The first-order chi connectivity index (χ1) is 15.0. The average Bonchev–Trinajstić information content (AvgIpc) is 3.66. The first kappa shape index (κ1) is 30.4. The molecule has 1 fully saturated rings. The molecular formula is C27H44N4. The Labute approximate surface area is 191 Å². The van der Waals surface area contributed by atoms with Crippen molar-refractivity contribution in [1.82, 2.24) is 5.32 Å². The topological polar surface area (TPSA) is 60.6 Å². The summed E-state index contributed by atoms with van der Waals surface area (Å²) in [5.41, 5.74) is 6.60. The van der Waals surface area contributed by atoms with Crippen LogP contribution in [0.1, 0.15) is 58.6 Å². The van der Waals surface area contributed by atoms with Gasteiger partial charge in [-0.05, 0) is 56.7 Å². The van der Waals surface area contributed by atoms with Gasteiger partial charge in [-0.15, -0.1) is 0 Å². The van der Waals surface area contributed by atoms with E-state index in [0.29, 0.717) is 19.0 Å². The standard InChI is InChI=1S/C22H29N3.2C2H6.CH3N/c1-6-21(25-14-19-9-7-8-16(2)12-19)15-24-18(4)17(3)13-22(23-5)20-10-11-20;3*1-2/h6-9,12-13,20,24H,1,4,10-11,14-15H2,2-3,5H3;2*1-2H3;2H,1H2/b17-13+,23-22?,25-21?;;;. The van der Waals surface area contributed by atoms with E-state index in [1.165, 1.54) is 29.7 Å². The Bertz CT molecular complexity index is 737. The third kappa shape index (κ3) is 13.2. The number of benzene rings is 1. The molecule has 4 nitrogen and oxygen atoms in total. The molecule has 0 atom stereocenters. The number of rotatable bonds is 9. The molecule has 0 amide bonds. The number of nitrogens with zero attached hydrogens (tertiary/aromatic N) is 2. The van der Waals surface area contributed by atoms with Crippen molar-refractivity contribution in [3.05, 3.63) is 72.0 Å². The van der Waals surface area contributed by atoms with Gasteiger partial charge in [0.05, 0.1) is 18.8 Å². The lowest BCUT2D eigenvalue weighted by Gasteiger charge is -2.11. The molecule has 0 heterocycles. The van der Waals surface area contributed by atoms with Gasteiger partial charge in [0.2, 0.25) is 0 Å². The maximum absolute atomic E-state index is 5.50. The van der Waals surface area contributed by atoms with Crippen molar-refractivity contribution in [2.45, 2.75) is 60.9 Å². The normalized spacial score (nSPS) is 13.3. The van der Waals surface area contributed by atoms with Crippen LogP contribution in [0.25, 0.3) is 0 Å². The fourth-order valence-electron chi connectivity index (χ4n) is 2.59. The summed E-state index contributed by atoms with van der Waals surface area (Å²) in [5.74, 6) is 0.646. The second-order valence-electron chi connectivity index (χ2n) is 6.58. The molecule has 0 aliphatic heterocycles. The van der Waals surface area contributed by atoms with Crippen molar-refractivity contribution < 1.29 is 0 Å². The Kier molecular flexibility index (Phi) is 18.9. The lowest BCUT2D eigenvalue weighted by molar-refractivity contribution is 0.932. The van der Waals surface area contributed by atoms with Crippen LogP contribution >= 0.6 is 0 Å². The lowest BCUT2D eigenvalue weighted by atomic mass is 10.1. The molecule has 1 aromatic carbocycles. The van der Waals surface area contributed by atoms with Crippen molar-refractivity contribution in [3.8, 4) is 0 Å². The van der Waals surface area contributed by atoms with E-state index in [1.54, 1.807) is 6.08 Å². The first-order valence-electron chi connectivity index (χ1n) is 11.2. The molecule has 0 bridgehead atoms. The molecule has 0 aromatic heterocycles. The van der Waals surface area contributed by atoms with Crippen LogP contribution in [0.2, 0.25) is 0 Å². The van der Waals surface area contributed by atoms with Gasteiger partial charge in [-0.25, -0.2) is 0 Å². The maximum atomic E-state index is 5.50. The molecule has 31 heavy (non-hydrogen) atoms. The van der Waals surface area contributed by atoms with E-state index in [9.17, 15) is 0 Å². The molecule has 172 valence electrons. The second kappa shape index (κ2) is 19.2. The Morgan fingerprint density at radius 2 is 1.81 bits per heavy atom. The summed E-state index contributed by atoms with van der Waals surface area (Å²) in [7, 11) is 1.86. The van der Waals surface area contributed by atoms with Gasteiger partial charge in [0.25, 0.3) is 0 Å². The van der Waals surface area contributed by atoms with Crippen molar-refractivity contribution in [2.24, 2.45) is 15.9 Å². The molecule has 1 saturated carbocycles. The monoisotopic (exact) mass is 424 g/mol. The van der Waals surface area contributed by atoms with E-state index >= 15 is 0 Å². The van der Waals surface area contributed by atoms with Crippen LogP contribution in [0, 0.1) is 18.3 Å². The van der Waals surface area contributed by atoms with Gasteiger partial charge in [-0.1, -0.05) is 70.7 Å². The van der Waals surface area contributed by atoms with Gasteiger partial charge in [0.15, 0.2) is 0 Å². The fraction of sp³-hybridized carbons (Fsp3) is 0.444. The number of hydrogen-bond donors (Lipinski definition) is 2. The molecule has 0 spiro atoms. The molecular weight excluding hydrogens is 380 g/mol. The van der Waals surface area contributed by atoms with E-state index in [-0.39, 0.29) is 0 Å². The predicted molar refractivity (Wildman–Crippen MR) is 142 cm³/mol. The Hall–Kier alpha value is -2.75. The molecule has 1 aliphatic rings. The Morgan fingerprint density at radius 1 is 1.19 bits per heavy atom. The zero-order chi connectivity index (χ0) is 24.2. The molecule has 0 unspecified atom stereocenters. The molecule has 2 N–H and O–H groups in total. The minimum absolute atomic E-state index is 0.626. The molecule has 2 rings (SSSR count). The number of nitrogens with one attached hydrogen (secondary N) is 2. The number of allylic oxidation sites excluding steroid dienone is 2. The van der Waals surface area contributed by atoms with E-state index < -0.39 is 0 Å². The van der Waals surface area contributed by atoms with Crippen LogP contribution < -0.4 is 5.32 Å². The molecule has 4 heteroatoms. The second-order valence-corrected chi connectivity index (χ2v) is 6.58. The van der Waals surface area contributed by atoms with Crippen molar-refractivity contribution in [3.63, 3.8) is 0 Å². The Balaban J connectivity index is 0. The van der Waals surface area contributed by atoms with Crippen molar-refractivity contribution in [1.29, 1.82) is 5.41 Å². The van der Waals surface area contributed by atoms with Gasteiger partial charge in [0, 0.05) is 24.4 Å². The summed E-state index contributed by atoms with van der Waals surface area (Å²) in [6.07, 6.45) is 6.45. The van der Waals surface area contributed by atoms with Gasteiger partial charge in [0.1, 0.15) is 0 Å². The zero-order valence-electron chi connectivity index (χ0n) is 20.9. The fourth-order valence-corrected chi connectivity index (χ4v) is 2.59. The highest BCUT2D eigenvalue weighted by molar-refractivity contribution is 5.99. The largest absolute Gasteiger partial charge is 0.380 e. The minimum atomic E-state index is 0.626. The summed E-state index contributed by atoms with van der Waals surface area (Å²) in [5, 5.41) is 8.85. The van der Waals surface area contributed by atoms with Crippen molar-refractivity contribution in [2.75, 3.05) is 13.6 Å². The van der Waals surface area contributed by atoms with Gasteiger partial charge in [-0.2, -0.15) is 0 Å². The predicted octanol–water partition coefficient (Wildman–Crippen LogP) is 6.97. The Morgan fingerprint density at radius 3 is 2.29 bits per heavy atom. The summed E-state index contributed by atoms with van der Waals surface area (Å²) < 4.78 is 0. The van der Waals surface area contributed by atoms with Crippen LogP contribution in [-0.4, -0.2) is 31.7 Å². The summed E-state index contributed by atoms with van der Waals surface area (Å²) in [6.45, 7) is 24.0. The number of aliphatic imine (C=N–C) groups is 2. The highest BCUT2D eigenvalue weighted by Gasteiger charge is 2.25. The van der Waals surface area contributed by atoms with Crippen LogP contribution in [-0.2, 0) is 6.54 Å². The molecule has 1 aromatic rings. The molecule has 1 aliphatic carbocycles. The lowest BCUT2D eigenvalue weighted by Crippen LogP contribution is -2.21. The summed E-state index contributed by atoms with van der Waals surface area (Å²) in [4.78, 5) is 9.04. The van der Waals surface area contributed by atoms with Gasteiger partial charge in [-0.3, -0.25) is 9.98 Å². The highest BCUT2D eigenvalue weighted by atomic mass is 14.9. The van der Waals surface area contributed by atoms with Crippen LogP contribution in [0.15, 0.2) is 70.8 Å². The number of aryl methyl sites for hydroxylation is 1. The minimum Gasteiger partial charge on any atom is -0.380 e. The van der Waals surface area contributed by atoms with E-state index in [2.05, 4.69) is 79.4 Å². The molecule has 0 radical (unpaired) electrons. The van der Waals surface area contributed by atoms with Gasteiger partial charge >= 0.3 is 0 Å². The number of hydrogen-bond acceptors (Lipinski definition) is 4. The van der Waals surface area contributed by atoms with E-state index in [1.807, 2.05) is 34.7 Å². The van der Waals surface area contributed by atoms with Crippen LogP contribution in [0.5, 0.6) is 0 Å². The first-order valence-corrected chi connectivity index (χ1v) is 11.2. The quantitative estimate of drug-likeness (QED) is 0.326. The van der Waals surface area contributed by atoms with Crippen LogP contribution in [0.4, 0.5) is 0 Å². The SMILES string of the molecule is C=CC(CNC(=C)/C(C)=C/C(=NC)C1CC1)=NCc1cccc(C)c1.C=N.CC.CC. The summed E-state index contributed by atoms with van der Waals surface area (Å²) in [6, 6.07) is 8.42. The smallest absolute Gasteiger partial charge is 0.0643 e. The van der Waals surface area contributed by atoms with E-state index in [4.69, 9.17) is 5.41 Å². The van der Waals surface area contributed by atoms with E-state index in [0.717, 1.165) is 17.0 Å². The van der Waals surface area contributed by atoms with Crippen LogP contribution in [0.3, 0.4) is 0 Å². The average molecular weight is 425 g/mol. The van der Waals surface area contributed by atoms with Crippen molar-refractivity contribution >= 4 is 18.1 Å². The third-order valence-electron chi connectivity index (χ3n) is 4.36. The zero-order valence-corrected chi connectivity index (χ0v) is 20.9.